The number of rotatable bonds is 1. The van der Waals surface area contributed by atoms with Gasteiger partial charge in [-0.15, -0.1) is 0 Å². The summed E-state index contributed by atoms with van der Waals surface area (Å²) >= 11 is 9.04. The summed E-state index contributed by atoms with van der Waals surface area (Å²) in [5.74, 6) is 0. The monoisotopic (exact) mass is 244 g/mol. The summed E-state index contributed by atoms with van der Waals surface area (Å²) in [6.07, 6.45) is 0. The Kier molecular flexibility index (Phi) is 3.10. The Labute approximate surface area is 84.1 Å². The lowest BCUT2D eigenvalue weighted by molar-refractivity contribution is 1.06. The fourth-order valence-electron chi connectivity index (χ4n) is 0.861. The van der Waals surface area contributed by atoms with E-state index in [0.29, 0.717) is 17.1 Å². The second-order valence-electron chi connectivity index (χ2n) is 2.24. The third-order valence-corrected chi connectivity index (χ3v) is 2.68. The van der Waals surface area contributed by atoms with Crippen LogP contribution in [0, 0.1) is 11.3 Å². The lowest BCUT2D eigenvalue weighted by Crippen LogP contribution is -1.99. The van der Waals surface area contributed by atoms with Crippen molar-refractivity contribution in [3.63, 3.8) is 0 Å². The summed E-state index contributed by atoms with van der Waals surface area (Å²) in [6, 6.07) is 5.42. The number of nitriles is 1. The van der Waals surface area contributed by atoms with Crippen molar-refractivity contribution in [3.8, 4) is 6.07 Å². The molecule has 0 atom stereocenters. The lowest BCUT2D eigenvalue weighted by Gasteiger charge is -2.02. The van der Waals surface area contributed by atoms with Gasteiger partial charge in [-0.05, 0) is 33.6 Å². The van der Waals surface area contributed by atoms with Crippen LogP contribution in [-0.2, 0) is 6.54 Å². The molecule has 2 nitrogen and oxygen atoms in total. The molecule has 0 radical (unpaired) electrons. The number of nitrogens with zero attached hydrogens (tertiary/aromatic N) is 1. The van der Waals surface area contributed by atoms with Gasteiger partial charge in [-0.2, -0.15) is 5.26 Å². The predicted octanol–water partition coefficient (Wildman–Crippen LogP) is 2.43. The van der Waals surface area contributed by atoms with E-state index in [9.17, 15) is 0 Å². The van der Waals surface area contributed by atoms with Crippen LogP contribution in [0.3, 0.4) is 0 Å². The van der Waals surface area contributed by atoms with Crippen molar-refractivity contribution in [2.75, 3.05) is 0 Å². The predicted molar refractivity (Wildman–Crippen MR) is 51.8 cm³/mol. The van der Waals surface area contributed by atoms with E-state index in [2.05, 4.69) is 15.9 Å². The summed E-state index contributed by atoms with van der Waals surface area (Å²) in [6.45, 7) is 0.329. The highest BCUT2D eigenvalue weighted by molar-refractivity contribution is 9.10. The number of hydrogen-bond acceptors (Lipinski definition) is 2. The molecule has 0 aliphatic rings. The third-order valence-electron chi connectivity index (χ3n) is 1.49. The summed E-state index contributed by atoms with van der Waals surface area (Å²) in [5, 5.41) is 9.27. The van der Waals surface area contributed by atoms with Crippen LogP contribution in [0.5, 0.6) is 0 Å². The van der Waals surface area contributed by atoms with Crippen LogP contribution in [0.2, 0.25) is 5.02 Å². The molecular formula is C8H6BrClN2. The highest BCUT2D eigenvalue weighted by Gasteiger charge is 2.04. The molecular weight excluding hydrogens is 239 g/mol. The maximum absolute atomic E-state index is 8.70. The van der Waals surface area contributed by atoms with E-state index < -0.39 is 0 Å². The fourth-order valence-corrected chi connectivity index (χ4v) is 1.39. The van der Waals surface area contributed by atoms with E-state index in [0.717, 1.165) is 10.0 Å². The zero-order chi connectivity index (χ0) is 9.14. The number of benzene rings is 1. The molecule has 62 valence electrons. The van der Waals surface area contributed by atoms with Crippen LogP contribution in [-0.4, -0.2) is 0 Å². The zero-order valence-electron chi connectivity index (χ0n) is 6.14. The summed E-state index contributed by atoms with van der Waals surface area (Å²) in [5.41, 5.74) is 6.75. The first-order valence-electron chi connectivity index (χ1n) is 3.27. The van der Waals surface area contributed by atoms with E-state index in [1.807, 2.05) is 6.07 Å². The molecule has 2 N–H and O–H groups in total. The summed E-state index contributed by atoms with van der Waals surface area (Å²) < 4.78 is 0.720. The minimum absolute atomic E-state index is 0.329. The van der Waals surface area contributed by atoms with Gasteiger partial charge in [-0.1, -0.05) is 11.6 Å². The molecule has 0 aromatic heterocycles. The molecule has 0 unspecified atom stereocenters. The summed E-state index contributed by atoms with van der Waals surface area (Å²) in [4.78, 5) is 0. The molecule has 0 amide bonds. The minimum Gasteiger partial charge on any atom is -0.326 e. The van der Waals surface area contributed by atoms with Crippen LogP contribution in [0.1, 0.15) is 11.1 Å². The Balaban J connectivity index is 3.31. The quantitative estimate of drug-likeness (QED) is 0.826. The Morgan fingerprint density at radius 3 is 2.75 bits per heavy atom. The van der Waals surface area contributed by atoms with E-state index >= 15 is 0 Å². The van der Waals surface area contributed by atoms with Crippen LogP contribution >= 0.6 is 27.5 Å². The second kappa shape index (κ2) is 3.90. The maximum atomic E-state index is 8.70. The van der Waals surface area contributed by atoms with Crippen LogP contribution in [0.25, 0.3) is 0 Å². The standard InChI is InChI=1S/C8H6BrClN2/c9-7-1-5(3-11)6(4-12)2-8(7)10/h1-2H,4,12H2. The van der Waals surface area contributed by atoms with Crippen molar-refractivity contribution in [1.82, 2.24) is 0 Å². The van der Waals surface area contributed by atoms with Gasteiger partial charge in [0.25, 0.3) is 0 Å². The van der Waals surface area contributed by atoms with Crippen molar-refractivity contribution in [3.05, 3.63) is 32.8 Å². The Hall–Kier alpha value is -0.560. The minimum atomic E-state index is 0.329. The lowest BCUT2D eigenvalue weighted by atomic mass is 10.1. The maximum Gasteiger partial charge on any atom is 0.0995 e. The zero-order valence-corrected chi connectivity index (χ0v) is 8.48. The van der Waals surface area contributed by atoms with Crippen LogP contribution < -0.4 is 5.73 Å². The molecule has 12 heavy (non-hydrogen) atoms. The Morgan fingerprint density at radius 2 is 2.25 bits per heavy atom. The van der Waals surface area contributed by atoms with Gasteiger partial charge in [0.2, 0.25) is 0 Å². The van der Waals surface area contributed by atoms with Crippen molar-refractivity contribution in [2.45, 2.75) is 6.54 Å². The smallest absolute Gasteiger partial charge is 0.0995 e. The second-order valence-corrected chi connectivity index (χ2v) is 3.50. The van der Waals surface area contributed by atoms with Gasteiger partial charge < -0.3 is 5.73 Å². The fraction of sp³-hybridized carbons (Fsp3) is 0.125. The van der Waals surface area contributed by atoms with Crippen molar-refractivity contribution < 1.29 is 0 Å². The average molecular weight is 246 g/mol. The SMILES string of the molecule is N#Cc1cc(Br)c(Cl)cc1CN. The molecule has 0 aliphatic carbocycles. The first-order valence-corrected chi connectivity index (χ1v) is 4.44. The molecule has 0 saturated carbocycles. The van der Waals surface area contributed by atoms with Gasteiger partial charge >= 0.3 is 0 Å². The third kappa shape index (κ3) is 1.78. The first-order chi connectivity index (χ1) is 5.69. The van der Waals surface area contributed by atoms with Gasteiger partial charge in [0.1, 0.15) is 0 Å². The van der Waals surface area contributed by atoms with Crippen LogP contribution in [0.4, 0.5) is 0 Å². The van der Waals surface area contributed by atoms with E-state index in [4.69, 9.17) is 22.6 Å². The number of halogens is 2. The molecule has 0 saturated heterocycles. The molecule has 1 rings (SSSR count). The molecule has 4 heteroatoms. The molecule has 1 aromatic rings. The topological polar surface area (TPSA) is 49.8 Å². The Morgan fingerprint density at radius 1 is 1.58 bits per heavy atom. The van der Waals surface area contributed by atoms with Gasteiger partial charge in [0, 0.05) is 11.0 Å². The van der Waals surface area contributed by atoms with Gasteiger partial charge in [0.15, 0.2) is 0 Å². The molecule has 0 bridgehead atoms. The van der Waals surface area contributed by atoms with E-state index in [-0.39, 0.29) is 0 Å². The highest BCUT2D eigenvalue weighted by atomic mass is 79.9. The van der Waals surface area contributed by atoms with Crippen molar-refractivity contribution in [2.24, 2.45) is 5.73 Å². The molecule has 0 fully saturated rings. The van der Waals surface area contributed by atoms with Gasteiger partial charge in [-0.25, -0.2) is 0 Å². The van der Waals surface area contributed by atoms with Gasteiger partial charge in [0.05, 0.1) is 16.7 Å². The molecule has 0 aliphatic heterocycles. The average Bonchev–Trinajstić information content (AvgIpc) is 2.09. The molecule has 1 aromatic carbocycles. The molecule has 0 heterocycles. The number of hydrogen-bond donors (Lipinski definition) is 1. The number of nitrogens with two attached hydrogens (primary N) is 1. The van der Waals surface area contributed by atoms with Crippen molar-refractivity contribution >= 4 is 27.5 Å². The molecule has 0 spiro atoms. The van der Waals surface area contributed by atoms with Crippen LogP contribution in [0.15, 0.2) is 16.6 Å². The Bertz CT molecular complexity index is 344. The summed E-state index contributed by atoms with van der Waals surface area (Å²) in [7, 11) is 0. The van der Waals surface area contributed by atoms with Crippen molar-refractivity contribution in [1.29, 1.82) is 5.26 Å². The van der Waals surface area contributed by atoms with E-state index in [1.54, 1.807) is 12.1 Å². The highest BCUT2D eigenvalue weighted by Crippen LogP contribution is 2.25. The van der Waals surface area contributed by atoms with Gasteiger partial charge in [-0.3, -0.25) is 0 Å². The first kappa shape index (κ1) is 9.53. The normalized spacial score (nSPS) is 9.50. The largest absolute Gasteiger partial charge is 0.326 e. The van der Waals surface area contributed by atoms with E-state index in [1.165, 1.54) is 0 Å².